The van der Waals surface area contributed by atoms with Gasteiger partial charge in [-0.1, -0.05) is 117 Å². The number of fused-ring (bicyclic) bond motifs is 1. The first-order valence-electron chi connectivity index (χ1n) is 21.9. The van der Waals surface area contributed by atoms with Crippen LogP contribution in [0.1, 0.15) is 115 Å². The van der Waals surface area contributed by atoms with Crippen LogP contribution in [0.2, 0.25) is 0 Å². The molecule has 0 amide bonds. The van der Waals surface area contributed by atoms with E-state index in [-0.39, 0.29) is 30.0 Å². The van der Waals surface area contributed by atoms with Gasteiger partial charge in [0.25, 0.3) is 0 Å². The van der Waals surface area contributed by atoms with Crippen LogP contribution < -0.4 is 16.0 Å². The summed E-state index contributed by atoms with van der Waals surface area (Å²) in [6.45, 7) is 17.2. The zero-order chi connectivity index (χ0) is 41.6. The highest BCUT2D eigenvalue weighted by Crippen LogP contribution is 2.41. The fourth-order valence-corrected chi connectivity index (χ4v) is 9.50. The maximum Gasteiger partial charge on any atom is 0.309 e. The Hall–Kier alpha value is -5.55. The first-order chi connectivity index (χ1) is 28.5. The van der Waals surface area contributed by atoms with E-state index in [0.717, 1.165) is 73.4 Å². The average Bonchev–Trinajstić information content (AvgIpc) is 3.22. The Morgan fingerprint density at radius 3 is 1.66 bits per heavy atom. The van der Waals surface area contributed by atoms with Crippen molar-refractivity contribution < 1.29 is 9.53 Å². The number of carbonyl (C=O) groups is 1. The summed E-state index contributed by atoms with van der Waals surface area (Å²) in [4.78, 5) is 13.3. The van der Waals surface area contributed by atoms with Crippen LogP contribution in [0.3, 0.4) is 0 Å². The summed E-state index contributed by atoms with van der Waals surface area (Å²) in [6.07, 6.45) is 6.63. The molecule has 6 aromatic rings. The number of hydrogen-bond acceptors (Lipinski definition) is 5. The number of aryl methyl sites for hydroxylation is 6. The molecule has 5 nitrogen and oxygen atoms in total. The van der Waals surface area contributed by atoms with Crippen LogP contribution in [0.4, 0.5) is 28.4 Å². The zero-order valence-electron chi connectivity index (χ0n) is 36.5. The second-order valence-corrected chi connectivity index (χ2v) is 17.1. The van der Waals surface area contributed by atoms with E-state index >= 15 is 0 Å². The lowest BCUT2D eigenvalue weighted by Crippen LogP contribution is -2.40. The molecule has 1 aliphatic carbocycles. The van der Waals surface area contributed by atoms with E-state index in [0.29, 0.717) is 0 Å². The number of anilines is 5. The van der Waals surface area contributed by atoms with Crippen LogP contribution in [0, 0.1) is 47.5 Å². The molecule has 3 N–H and O–H groups in total. The third-order valence-corrected chi connectivity index (χ3v) is 12.4. The van der Waals surface area contributed by atoms with Crippen LogP contribution in [-0.4, -0.2) is 18.1 Å². The fraction of sp³-hybridized carbons (Fsp3) is 0.352. The van der Waals surface area contributed by atoms with Crippen molar-refractivity contribution in [1.82, 2.24) is 0 Å². The van der Waals surface area contributed by atoms with Gasteiger partial charge in [0.15, 0.2) is 0 Å². The molecular weight excluding hydrogens is 723 g/mol. The zero-order valence-corrected chi connectivity index (χ0v) is 36.5. The van der Waals surface area contributed by atoms with Crippen LogP contribution in [0.5, 0.6) is 0 Å². The molecule has 0 aliphatic heterocycles. The Morgan fingerprint density at radius 2 is 1.15 bits per heavy atom. The predicted octanol–water partition coefficient (Wildman–Crippen LogP) is 14.5. The van der Waals surface area contributed by atoms with Gasteiger partial charge >= 0.3 is 5.97 Å². The topological polar surface area (TPSA) is 62.4 Å². The van der Waals surface area contributed by atoms with Gasteiger partial charge in [-0.15, -0.1) is 0 Å². The first kappa shape index (κ1) is 41.6. The maximum atomic E-state index is 13.3. The van der Waals surface area contributed by atoms with Crippen molar-refractivity contribution in [2.45, 2.75) is 118 Å². The van der Waals surface area contributed by atoms with Crippen LogP contribution >= 0.6 is 0 Å². The van der Waals surface area contributed by atoms with Gasteiger partial charge in [0.05, 0.1) is 12.0 Å². The summed E-state index contributed by atoms with van der Waals surface area (Å²) >= 11 is 0. The molecule has 6 aromatic carbocycles. The smallest absolute Gasteiger partial charge is 0.309 e. The van der Waals surface area contributed by atoms with Gasteiger partial charge < -0.3 is 20.7 Å². The van der Waals surface area contributed by atoms with E-state index in [1.54, 1.807) is 0 Å². The Balaban J connectivity index is 1.24. The molecule has 5 heteroatoms. The SMILES string of the molecule is CCCC(CC)C(=O)OC1CCCCC1Nc1ccc(C(c2ccc(Nc3c(C)cc(C)cc3C)cc2)c2ccc(Nc3c(C)cc(C)cc3C)cc2)c2ccccc12. The van der Waals surface area contributed by atoms with Gasteiger partial charge in [0.1, 0.15) is 6.10 Å². The summed E-state index contributed by atoms with van der Waals surface area (Å²) in [6, 6.07) is 40.3. The van der Waals surface area contributed by atoms with Gasteiger partial charge in [-0.05, 0) is 148 Å². The number of rotatable bonds is 14. The average molecular weight is 786 g/mol. The minimum atomic E-state index is -0.132. The second-order valence-electron chi connectivity index (χ2n) is 17.1. The van der Waals surface area contributed by atoms with Crippen molar-refractivity contribution in [1.29, 1.82) is 0 Å². The van der Waals surface area contributed by atoms with Crippen molar-refractivity contribution >= 4 is 45.2 Å². The van der Waals surface area contributed by atoms with Gasteiger partial charge in [0, 0.05) is 39.7 Å². The summed E-state index contributed by atoms with van der Waals surface area (Å²) in [7, 11) is 0. The van der Waals surface area contributed by atoms with E-state index in [1.165, 1.54) is 60.8 Å². The lowest BCUT2D eigenvalue weighted by atomic mass is 9.82. The summed E-state index contributed by atoms with van der Waals surface area (Å²) < 4.78 is 6.29. The number of nitrogens with one attached hydrogen (secondary N) is 3. The molecule has 0 saturated heterocycles. The Kier molecular flexibility index (Phi) is 13.1. The van der Waals surface area contributed by atoms with Crippen LogP contribution in [0.15, 0.2) is 109 Å². The van der Waals surface area contributed by atoms with Crippen molar-refractivity contribution in [3.8, 4) is 0 Å². The minimum Gasteiger partial charge on any atom is -0.460 e. The highest BCUT2D eigenvalue weighted by Gasteiger charge is 2.31. The quantitative estimate of drug-likeness (QED) is 0.0758. The Labute approximate surface area is 353 Å². The number of hydrogen-bond donors (Lipinski definition) is 3. The standard InChI is InChI=1S/C54H63N3O2/c1-9-15-40(10-2)54(58)59-50-19-14-13-18-49(50)57-48-29-28-47(45-16-11-12-17-46(45)48)51(41-20-24-43(25-21-41)55-52-36(5)30-34(3)31-37(52)6)42-22-26-44(27-23-42)56-53-38(7)32-35(4)33-39(53)8/h11-12,16-17,20-33,40,49-51,55-57H,9-10,13-15,18-19H2,1-8H3. The second kappa shape index (κ2) is 18.6. The van der Waals surface area contributed by atoms with Gasteiger partial charge in [0.2, 0.25) is 0 Å². The molecule has 0 bridgehead atoms. The molecule has 0 spiro atoms. The monoisotopic (exact) mass is 785 g/mol. The lowest BCUT2D eigenvalue weighted by molar-refractivity contribution is -0.156. The first-order valence-corrected chi connectivity index (χ1v) is 21.9. The number of ether oxygens (including phenoxy) is 1. The van der Waals surface area contributed by atoms with E-state index in [9.17, 15) is 4.79 Å². The minimum absolute atomic E-state index is 0.0179. The third-order valence-electron chi connectivity index (χ3n) is 12.4. The van der Waals surface area contributed by atoms with Crippen molar-refractivity contribution in [3.05, 3.63) is 159 Å². The normalized spacial score (nSPS) is 15.9. The van der Waals surface area contributed by atoms with E-state index in [2.05, 4.69) is 181 Å². The highest BCUT2D eigenvalue weighted by molar-refractivity contribution is 5.97. The molecule has 59 heavy (non-hydrogen) atoms. The highest BCUT2D eigenvalue weighted by atomic mass is 16.5. The van der Waals surface area contributed by atoms with Crippen molar-refractivity contribution in [3.63, 3.8) is 0 Å². The maximum absolute atomic E-state index is 13.3. The molecular formula is C54H63N3O2. The summed E-state index contributed by atoms with van der Waals surface area (Å²) in [5.41, 5.74) is 16.8. The molecule has 3 atom stereocenters. The number of benzene rings is 6. The molecule has 1 saturated carbocycles. The fourth-order valence-electron chi connectivity index (χ4n) is 9.50. The molecule has 0 radical (unpaired) electrons. The Morgan fingerprint density at radius 1 is 0.644 bits per heavy atom. The molecule has 1 aliphatic rings. The number of carbonyl (C=O) groups excluding carboxylic acids is 1. The third kappa shape index (κ3) is 9.51. The van der Waals surface area contributed by atoms with Crippen LogP contribution in [-0.2, 0) is 9.53 Å². The van der Waals surface area contributed by atoms with Gasteiger partial charge in [-0.2, -0.15) is 0 Å². The van der Waals surface area contributed by atoms with Crippen molar-refractivity contribution in [2.24, 2.45) is 5.92 Å². The molecule has 0 heterocycles. The van der Waals surface area contributed by atoms with E-state index in [4.69, 9.17) is 4.74 Å². The van der Waals surface area contributed by atoms with E-state index in [1.807, 2.05) is 0 Å². The van der Waals surface area contributed by atoms with E-state index < -0.39 is 0 Å². The summed E-state index contributed by atoms with van der Waals surface area (Å²) in [5.74, 6) is -0.0801. The molecule has 0 aromatic heterocycles. The van der Waals surface area contributed by atoms with Gasteiger partial charge in [-0.25, -0.2) is 0 Å². The van der Waals surface area contributed by atoms with Crippen molar-refractivity contribution in [2.75, 3.05) is 16.0 Å². The predicted molar refractivity (Wildman–Crippen MR) is 250 cm³/mol. The summed E-state index contributed by atoms with van der Waals surface area (Å²) in [5, 5.41) is 13.7. The molecule has 3 unspecified atom stereocenters. The molecule has 306 valence electrons. The number of esters is 1. The lowest BCUT2D eigenvalue weighted by Gasteiger charge is -2.34. The Bertz CT molecular complexity index is 2250. The molecule has 1 fully saturated rings. The van der Waals surface area contributed by atoms with Crippen LogP contribution in [0.25, 0.3) is 10.8 Å². The largest absolute Gasteiger partial charge is 0.460 e. The van der Waals surface area contributed by atoms with Gasteiger partial charge in [-0.3, -0.25) is 4.79 Å². The molecule has 7 rings (SSSR count).